The Kier molecular flexibility index (Phi) is 4.13. The summed E-state index contributed by atoms with van der Waals surface area (Å²) in [5.74, 6) is -0.124. The molecule has 0 atom stereocenters. The third kappa shape index (κ3) is 2.85. The first-order valence-corrected chi connectivity index (χ1v) is 6.82. The molecule has 2 aromatic heterocycles. The van der Waals surface area contributed by atoms with E-state index in [0.717, 1.165) is 12.2 Å². The summed E-state index contributed by atoms with van der Waals surface area (Å²) < 4.78 is 3.40. The van der Waals surface area contributed by atoms with Crippen molar-refractivity contribution in [1.82, 2.24) is 24.9 Å². The maximum Gasteiger partial charge on any atom is 0.247 e. The predicted molar refractivity (Wildman–Crippen MR) is 76.3 cm³/mol. The van der Waals surface area contributed by atoms with Crippen LogP contribution in [0.2, 0.25) is 5.02 Å². The van der Waals surface area contributed by atoms with E-state index in [2.05, 4.69) is 15.5 Å². The third-order valence-corrected chi connectivity index (χ3v) is 3.41. The van der Waals surface area contributed by atoms with Crippen molar-refractivity contribution in [2.75, 3.05) is 0 Å². The number of hydrogen-bond donors (Lipinski definition) is 1. The van der Waals surface area contributed by atoms with Gasteiger partial charge in [0.1, 0.15) is 5.54 Å². The highest BCUT2D eigenvalue weighted by molar-refractivity contribution is 6.30. The van der Waals surface area contributed by atoms with Crippen molar-refractivity contribution in [3.8, 4) is 0 Å². The van der Waals surface area contributed by atoms with Crippen molar-refractivity contribution >= 4 is 17.5 Å². The van der Waals surface area contributed by atoms with E-state index in [9.17, 15) is 4.79 Å². The van der Waals surface area contributed by atoms with Gasteiger partial charge in [0.05, 0.1) is 23.5 Å². The second kappa shape index (κ2) is 5.66. The Morgan fingerprint density at radius 3 is 2.80 bits per heavy atom. The fourth-order valence-electron chi connectivity index (χ4n) is 1.89. The van der Waals surface area contributed by atoms with Crippen molar-refractivity contribution in [1.29, 1.82) is 0 Å². The minimum atomic E-state index is -0.801. The largest absolute Gasteiger partial charge is 0.348 e. The summed E-state index contributed by atoms with van der Waals surface area (Å²) >= 11 is 5.84. The molecule has 2 aromatic rings. The number of carbonyl (C=O) groups is 1. The molecule has 0 aliphatic rings. The monoisotopic (exact) mass is 295 g/mol. The van der Waals surface area contributed by atoms with E-state index in [-0.39, 0.29) is 5.91 Å². The lowest BCUT2D eigenvalue weighted by molar-refractivity contribution is -0.129. The number of rotatable bonds is 5. The molecule has 20 heavy (non-hydrogen) atoms. The molecule has 2 rings (SSSR count). The lowest BCUT2D eigenvalue weighted by atomic mass is 10.1. The molecule has 6 nitrogen and oxygen atoms in total. The molecule has 2 heterocycles. The van der Waals surface area contributed by atoms with E-state index < -0.39 is 5.54 Å². The molecule has 108 valence electrons. The van der Waals surface area contributed by atoms with Gasteiger partial charge in [0.25, 0.3) is 0 Å². The van der Waals surface area contributed by atoms with Crippen molar-refractivity contribution < 1.29 is 4.79 Å². The molecule has 0 unspecified atom stereocenters. The number of nitrogens with one attached hydrogen (secondary N) is 1. The summed E-state index contributed by atoms with van der Waals surface area (Å²) in [7, 11) is 0. The van der Waals surface area contributed by atoms with Gasteiger partial charge in [-0.15, -0.1) is 0 Å². The number of hydrogen-bond acceptors (Lipinski definition) is 3. The van der Waals surface area contributed by atoms with Crippen LogP contribution in [-0.2, 0) is 23.4 Å². The predicted octanol–water partition coefficient (Wildman–Crippen LogP) is 1.80. The minimum absolute atomic E-state index is 0.124. The van der Waals surface area contributed by atoms with Gasteiger partial charge in [-0.3, -0.25) is 14.2 Å². The van der Waals surface area contributed by atoms with Gasteiger partial charge < -0.3 is 5.32 Å². The average Bonchev–Trinajstić information content (AvgIpc) is 3.04. The SMILES string of the molecule is CCn1nccc1CNC(=O)C(C)(C)n1cc(Cl)cn1. The molecular weight excluding hydrogens is 278 g/mol. The van der Waals surface area contributed by atoms with Gasteiger partial charge in [0.15, 0.2) is 0 Å². The highest BCUT2D eigenvalue weighted by Crippen LogP contribution is 2.17. The van der Waals surface area contributed by atoms with E-state index >= 15 is 0 Å². The van der Waals surface area contributed by atoms with Crippen LogP contribution in [0.3, 0.4) is 0 Å². The smallest absolute Gasteiger partial charge is 0.247 e. The second-order valence-corrected chi connectivity index (χ2v) is 5.42. The number of aromatic nitrogens is 4. The van der Waals surface area contributed by atoms with Crippen LogP contribution >= 0.6 is 11.6 Å². The van der Waals surface area contributed by atoms with Gasteiger partial charge >= 0.3 is 0 Å². The van der Waals surface area contributed by atoms with Crippen LogP contribution < -0.4 is 5.32 Å². The summed E-state index contributed by atoms with van der Waals surface area (Å²) in [4.78, 5) is 12.3. The van der Waals surface area contributed by atoms with Crippen LogP contribution in [-0.4, -0.2) is 25.5 Å². The van der Waals surface area contributed by atoms with E-state index in [1.54, 1.807) is 30.9 Å². The van der Waals surface area contributed by atoms with E-state index in [0.29, 0.717) is 11.6 Å². The van der Waals surface area contributed by atoms with Crippen LogP contribution in [0.25, 0.3) is 0 Å². The molecule has 0 aliphatic carbocycles. The molecule has 1 amide bonds. The molecule has 0 aromatic carbocycles. The maximum absolute atomic E-state index is 12.3. The lowest BCUT2D eigenvalue weighted by Crippen LogP contribution is -2.44. The molecule has 0 saturated heterocycles. The van der Waals surface area contributed by atoms with Crippen LogP contribution in [0, 0.1) is 0 Å². The molecule has 0 saturated carbocycles. The van der Waals surface area contributed by atoms with Crippen LogP contribution in [0.1, 0.15) is 26.5 Å². The molecule has 0 fully saturated rings. The zero-order valence-electron chi connectivity index (χ0n) is 11.8. The Morgan fingerprint density at radius 1 is 1.45 bits per heavy atom. The number of amides is 1. The minimum Gasteiger partial charge on any atom is -0.348 e. The molecule has 0 aliphatic heterocycles. The van der Waals surface area contributed by atoms with E-state index in [1.165, 1.54) is 6.20 Å². The fraction of sp³-hybridized carbons (Fsp3) is 0.462. The zero-order chi connectivity index (χ0) is 14.8. The molecule has 7 heteroatoms. The molecule has 1 N–H and O–H groups in total. The molecule has 0 radical (unpaired) electrons. The number of halogens is 1. The molecule has 0 bridgehead atoms. The Morgan fingerprint density at radius 2 is 2.20 bits per heavy atom. The van der Waals surface area contributed by atoms with Gasteiger partial charge in [-0.1, -0.05) is 11.6 Å². The second-order valence-electron chi connectivity index (χ2n) is 4.98. The number of aryl methyl sites for hydroxylation is 1. The summed E-state index contributed by atoms with van der Waals surface area (Å²) in [6.07, 6.45) is 4.88. The highest BCUT2D eigenvalue weighted by Gasteiger charge is 2.30. The summed E-state index contributed by atoms with van der Waals surface area (Å²) in [5, 5.41) is 11.7. The van der Waals surface area contributed by atoms with Crippen LogP contribution in [0.4, 0.5) is 0 Å². The third-order valence-electron chi connectivity index (χ3n) is 3.21. The maximum atomic E-state index is 12.3. The number of nitrogens with zero attached hydrogens (tertiary/aromatic N) is 4. The summed E-state index contributed by atoms with van der Waals surface area (Å²) in [6, 6.07) is 1.89. The Labute approximate surface area is 122 Å². The quantitative estimate of drug-likeness (QED) is 0.915. The van der Waals surface area contributed by atoms with Gasteiger partial charge in [0, 0.05) is 18.9 Å². The van der Waals surface area contributed by atoms with Gasteiger partial charge in [-0.2, -0.15) is 10.2 Å². The van der Waals surface area contributed by atoms with Crippen LogP contribution in [0.15, 0.2) is 24.7 Å². The van der Waals surface area contributed by atoms with E-state index in [4.69, 9.17) is 11.6 Å². The summed E-state index contributed by atoms with van der Waals surface area (Å²) in [6.45, 7) is 6.81. The number of carbonyl (C=O) groups excluding carboxylic acids is 1. The lowest BCUT2D eigenvalue weighted by Gasteiger charge is -2.24. The van der Waals surface area contributed by atoms with Crippen molar-refractivity contribution in [2.24, 2.45) is 0 Å². The van der Waals surface area contributed by atoms with Crippen molar-refractivity contribution in [2.45, 2.75) is 39.4 Å². The van der Waals surface area contributed by atoms with Gasteiger partial charge in [-0.25, -0.2) is 0 Å². The Bertz CT molecular complexity index is 601. The topological polar surface area (TPSA) is 64.7 Å². The fourth-order valence-corrected chi connectivity index (χ4v) is 2.03. The van der Waals surface area contributed by atoms with Crippen molar-refractivity contribution in [3.05, 3.63) is 35.4 Å². The summed E-state index contributed by atoms with van der Waals surface area (Å²) in [5.41, 5.74) is 0.166. The van der Waals surface area contributed by atoms with Gasteiger partial charge in [-0.05, 0) is 26.8 Å². The average molecular weight is 296 g/mol. The van der Waals surface area contributed by atoms with Gasteiger partial charge in [0.2, 0.25) is 5.91 Å². The highest BCUT2D eigenvalue weighted by atomic mass is 35.5. The van der Waals surface area contributed by atoms with Crippen molar-refractivity contribution in [3.63, 3.8) is 0 Å². The standard InChI is InChI=1S/C13H18ClN5O/c1-4-18-11(5-6-16-18)8-15-12(20)13(2,3)19-9-10(14)7-17-19/h5-7,9H,4,8H2,1-3H3,(H,15,20). The Hall–Kier alpha value is -1.82. The zero-order valence-corrected chi connectivity index (χ0v) is 12.6. The molecule has 0 spiro atoms. The van der Waals surface area contributed by atoms with Crippen LogP contribution in [0.5, 0.6) is 0 Å². The van der Waals surface area contributed by atoms with E-state index in [1.807, 2.05) is 17.7 Å². The molecular formula is C13H18ClN5O. The first-order valence-electron chi connectivity index (χ1n) is 6.44. The normalized spacial score (nSPS) is 11.6. The Balaban J connectivity index is 2.04. The first kappa shape index (κ1) is 14.6. The first-order chi connectivity index (χ1) is 9.45.